The summed E-state index contributed by atoms with van der Waals surface area (Å²) >= 11 is 0. The number of rotatable bonds is 2. The van der Waals surface area contributed by atoms with Gasteiger partial charge in [-0.1, -0.05) is 6.07 Å². The summed E-state index contributed by atoms with van der Waals surface area (Å²) in [6.45, 7) is 0.782. The summed E-state index contributed by atoms with van der Waals surface area (Å²) in [5.74, 6) is -0.606. The van der Waals surface area contributed by atoms with Crippen molar-refractivity contribution in [2.24, 2.45) is 5.92 Å². The number of likely N-dealkylation sites (tertiary alicyclic amines) is 1. The summed E-state index contributed by atoms with van der Waals surface area (Å²) in [7, 11) is 0. The van der Waals surface area contributed by atoms with E-state index in [0.29, 0.717) is 18.9 Å². The molecule has 2 aliphatic rings. The van der Waals surface area contributed by atoms with Crippen molar-refractivity contribution >= 4 is 11.9 Å². The predicted molar refractivity (Wildman–Crippen MR) is 68.3 cm³/mol. The van der Waals surface area contributed by atoms with Crippen molar-refractivity contribution in [3.63, 3.8) is 0 Å². The number of anilines is 1. The molecule has 8 heteroatoms. The number of pyridine rings is 1. The van der Waals surface area contributed by atoms with Crippen molar-refractivity contribution < 1.29 is 23.1 Å². The van der Waals surface area contributed by atoms with Crippen molar-refractivity contribution in [2.45, 2.75) is 12.1 Å². The van der Waals surface area contributed by atoms with Gasteiger partial charge in [-0.2, -0.15) is 13.2 Å². The Balaban J connectivity index is 1.56. The Morgan fingerprint density at radius 2 is 1.90 bits per heavy atom. The second-order valence-corrected chi connectivity index (χ2v) is 5.48. The molecule has 0 radical (unpaired) electrons. The average Bonchev–Trinajstić information content (AvgIpc) is 2.24. The monoisotopic (exact) mass is 301 g/mol. The zero-order valence-electron chi connectivity index (χ0n) is 11.0. The van der Waals surface area contributed by atoms with Gasteiger partial charge in [-0.3, -0.25) is 0 Å². The van der Waals surface area contributed by atoms with Crippen LogP contribution in [0.1, 0.15) is 11.5 Å². The lowest BCUT2D eigenvalue weighted by Gasteiger charge is -2.41. The first-order valence-electron chi connectivity index (χ1n) is 6.60. The number of hydrogen-bond donors (Lipinski definition) is 1. The Labute approximate surface area is 119 Å². The first-order chi connectivity index (χ1) is 9.84. The Kier molecular flexibility index (Phi) is 3.18. The fraction of sp³-hybridized carbons (Fsp3) is 0.538. The van der Waals surface area contributed by atoms with E-state index in [1.807, 2.05) is 6.07 Å². The van der Waals surface area contributed by atoms with Crippen LogP contribution in [0.4, 0.5) is 23.8 Å². The van der Waals surface area contributed by atoms with Crippen molar-refractivity contribution in [2.75, 3.05) is 31.1 Å². The van der Waals surface area contributed by atoms with Gasteiger partial charge in [0.15, 0.2) is 0 Å². The Hall–Kier alpha value is -1.99. The molecule has 0 unspecified atom stereocenters. The number of aromatic nitrogens is 1. The first-order valence-corrected chi connectivity index (χ1v) is 6.60. The lowest BCUT2D eigenvalue weighted by atomic mass is 9.93. The standard InChI is InChI=1S/C13H14F3N3O2/c14-13(15,16)10-6-18(7-10)11-2-1-8(3-17-11)9-4-19(5-9)12(20)21/h1-3,9-10H,4-7H2,(H,20,21). The number of hydrogen-bond acceptors (Lipinski definition) is 3. The molecule has 1 N–H and O–H groups in total. The van der Waals surface area contributed by atoms with Gasteiger partial charge in [-0.25, -0.2) is 9.78 Å². The molecule has 1 aromatic heterocycles. The highest BCUT2D eigenvalue weighted by atomic mass is 19.4. The smallest absolute Gasteiger partial charge is 0.407 e. The van der Waals surface area contributed by atoms with E-state index in [4.69, 9.17) is 5.11 Å². The molecule has 1 amide bonds. The number of alkyl halides is 3. The molecule has 3 rings (SSSR count). The van der Waals surface area contributed by atoms with Gasteiger partial charge in [0.2, 0.25) is 0 Å². The zero-order chi connectivity index (χ0) is 15.2. The number of nitrogens with zero attached hydrogens (tertiary/aromatic N) is 3. The minimum absolute atomic E-state index is 0.0495. The van der Waals surface area contributed by atoms with Crippen LogP contribution in [0, 0.1) is 5.92 Å². The van der Waals surface area contributed by atoms with Gasteiger partial charge in [0, 0.05) is 38.3 Å². The molecule has 5 nitrogen and oxygen atoms in total. The maximum absolute atomic E-state index is 12.4. The highest BCUT2D eigenvalue weighted by Crippen LogP contribution is 2.36. The van der Waals surface area contributed by atoms with Gasteiger partial charge < -0.3 is 14.9 Å². The van der Waals surface area contributed by atoms with Crippen LogP contribution >= 0.6 is 0 Å². The molecule has 2 saturated heterocycles. The van der Waals surface area contributed by atoms with Crippen LogP contribution in [0.15, 0.2) is 18.3 Å². The van der Waals surface area contributed by atoms with E-state index in [-0.39, 0.29) is 19.0 Å². The van der Waals surface area contributed by atoms with Crippen molar-refractivity contribution in [1.29, 1.82) is 0 Å². The molecule has 0 aromatic carbocycles. The Morgan fingerprint density at radius 1 is 1.24 bits per heavy atom. The minimum atomic E-state index is -4.14. The van der Waals surface area contributed by atoms with Gasteiger partial charge in [0.25, 0.3) is 0 Å². The van der Waals surface area contributed by atoms with Crippen LogP contribution in [-0.2, 0) is 0 Å². The van der Waals surface area contributed by atoms with Gasteiger partial charge in [-0.15, -0.1) is 0 Å². The average molecular weight is 301 g/mol. The SMILES string of the molecule is O=C(O)N1CC(c2ccc(N3CC(C(F)(F)F)C3)nc2)C1. The molecule has 0 saturated carbocycles. The lowest BCUT2D eigenvalue weighted by Crippen LogP contribution is -2.53. The van der Waals surface area contributed by atoms with Crippen molar-refractivity contribution in [1.82, 2.24) is 9.88 Å². The summed E-state index contributed by atoms with van der Waals surface area (Å²) in [6.07, 6.45) is -3.45. The summed E-state index contributed by atoms with van der Waals surface area (Å²) in [6, 6.07) is 3.51. The maximum Gasteiger partial charge on any atom is 0.407 e. The van der Waals surface area contributed by atoms with Gasteiger partial charge in [0.05, 0.1) is 5.92 Å². The highest BCUT2D eigenvalue weighted by molar-refractivity contribution is 5.66. The summed E-state index contributed by atoms with van der Waals surface area (Å²) in [5.41, 5.74) is 0.921. The number of carbonyl (C=O) groups is 1. The third-order valence-electron chi connectivity index (χ3n) is 4.06. The van der Waals surface area contributed by atoms with Crippen LogP contribution in [0.2, 0.25) is 0 Å². The van der Waals surface area contributed by atoms with Gasteiger partial charge in [-0.05, 0) is 11.6 Å². The molecular formula is C13H14F3N3O2. The molecule has 21 heavy (non-hydrogen) atoms. The second kappa shape index (κ2) is 4.78. The molecular weight excluding hydrogens is 287 g/mol. The van der Waals surface area contributed by atoms with Gasteiger partial charge >= 0.3 is 12.3 Å². The number of halogens is 3. The molecule has 2 aliphatic heterocycles. The van der Waals surface area contributed by atoms with E-state index in [2.05, 4.69) is 4.98 Å². The molecule has 0 bridgehead atoms. The fourth-order valence-electron chi connectivity index (χ4n) is 2.54. The van der Waals surface area contributed by atoms with E-state index in [9.17, 15) is 18.0 Å². The summed E-state index contributed by atoms with van der Waals surface area (Å²) in [4.78, 5) is 17.8. The molecule has 0 atom stereocenters. The summed E-state index contributed by atoms with van der Waals surface area (Å²) < 4.78 is 37.2. The van der Waals surface area contributed by atoms with E-state index < -0.39 is 18.2 Å². The van der Waals surface area contributed by atoms with Crippen molar-refractivity contribution in [3.05, 3.63) is 23.9 Å². The van der Waals surface area contributed by atoms with E-state index in [1.165, 1.54) is 4.90 Å². The van der Waals surface area contributed by atoms with Crippen LogP contribution in [0.25, 0.3) is 0 Å². The molecule has 0 aliphatic carbocycles. The third-order valence-corrected chi connectivity index (χ3v) is 4.06. The molecule has 2 fully saturated rings. The fourth-order valence-corrected chi connectivity index (χ4v) is 2.54. The van der Waals surface area contributed by atoms with E-state index in [0.717, 1.165) is 5.56 Å². The minimum Gasteiger partial charge on any atom is -0.465 e. The topological polar surface area (TPSA) is 56.7 Å². The first kappa shape index (κ1) is 14.0. The number of carboxylic acid groups (broad SMARTS) is 1. The largest absolute Gasteiger partial charge is 0.465 e. The molecule has 114 valence electrons. The van der Waals surface area contributed by atoms with Gasteiger partial charge in [0.1, 0.15) is 5.82 Å². The van der Waals surface area contributed by atoms with Crippen LogP contribution in [0.3, 0.4) is 0 Å². The lowest BCUT2D eigenvalue weighted by molar-refractivity contribution is -0.180. The molecule has 3 heterocycles. The Bertz CT molecular complexity index is 535. The van der Waals surface area contributed by atoms with Crippen LogP contribution in [0.5, 0.6) is 0 Å². The highest BCUT2D eigenvalue weighted by Gasteiger charge is 2.47. The normalized spacial score (nSPS) is 20.1. The number of amides is 1. The van der Waals surface area contributed by atoms with Crippen molar-refractivity contribution in [3.8, 4) is 0 Å². The summed E-state index contributed by atoms with van der Waals surface area (Å²) in [5, 5.41) is 8.76. The molecule has 0 spiro atoms. The van der Waals surface area contributed by atoms with E-state index in [1.54, 1.807) is 17.2 Å². The molecule has 1 aromatic rings. The Morgan fingerprint density at radius 3 is 2.38 bits per heavy atom. The zero-order valence-corrected chi connectivity index (χ0v) is 11.0. The maximum atomic E-state index is 12.4. The quantitative estimate of drug-likeness (QED) is 0.909. The van der Waals surface area contributed by atoms with Crippen LogP contribution in [-0.4, -0.2) is 53.4 Å². The van der Waals surface area contributed by atoms with E-state index >= 15 is 0 Å². The second-order valence-electron chi connectivity index (χ2n) is 5.48. The predicted octanol–water partition coefficient (Wildman–Crippen LogP) is 2.16. The van der Waals surface area contributed by atoms with Crippen LogP contribution < -0.4 is 4.90 Å². The third kappa shape index (κ3) is 2.62.